The van der Waals surface area contributed by atoms with Crippen LogP contribution in [0.3, 0.4) is 0 Å². The van der Waals surface area contributed by atoms with Crippen LogP contribution in [-0.4, -0.2) is 27.7 Å². The van der Waals surface area contributed by atoms with Crippen molar-refractivity contribution < 1.29 is 9.50 Å². The van der Waals surface area contributed by atoms with Gasteiger partial charge in [0, 0.05) is 22.7 Å². The quantitative estimate of drug-likeness (QED) is 0.595. The summed E-state index contributed by atoms with van der Waals surface area (Å²) < 4.78 is 14.0. The van der Waals surface area contributed by atoms with E-state index < -0.39 is 5.82 Å². The molecule has 0 spiro atoms. The van der Waals surface area contributed by atoms with E-state index in [4.69, 9.17) is 11.6 Å². The first-order valence-corrected chi connectivity index (χ1v) is 8.47. The number of rotatable bonds is 6. The van der Waals surface area contributed by atoms with Crippen molar-refractivity contribution in [1.29, 1.82) is 0 Å². The summed E-state index contributed by atoms with van der Waals surface area (Å²) in [5, 5.41) is 15.6. The summed E-state index contributed by atoms with van der Waals surface area (Å²) in [6.45, 7) is 1.74. The van der Waals surface area contributed by atoms with Crippen molar-refractivity contribution in [1.82, 2.24) is 9.97 Å². The molecule has 0 saturated heterocycles. The lowest BCUT2D eigenvalue weighted by atomic mass is 10.1. The zero-order chi connectivity index (χ0) is 18.5. The zero-order valence-electron chi connectivity index (χ0n) is 14.1. The summed E-state index contributed by atoms with van der Waals surface area (Å²) in [6, 6.07) is 15.3. The second kappa shape index (κ2) is 8.12. The molecule has 5 nitrogen and oxygen atoms in total. The molecule has 0 fully saturated rings. The summed E-state index contributed by atoms with van der Waals surface area (Å²) >= 11 is 5.95. The number of hydrogen-bond donors (Lipinski definition) is 3. The van der Waals surface area contributed by atoms with E-state index in [1.54, 1.807) is 6.07 Å². The van der Waals surface area contributed by atoms with Crippen LogP contribution in [0.25, 0.3) is 11.3 Å². The molecule has 1 heterocycles. The van der Waals surface area contributed by atoms with E-state index in [1.165, 1.54) is 18.2 Å². The first kappa shape index (κ1) is 18.1. The van der Waals surface area contributed by atoms with Crippen LogP contribution in [0, 0.1) is 5.82 Å². The van der Waals surface area contributed by atoms with Gasteiger partial charge in [-0.15, -0.1) is 0 Å². The summed E-state index contributed by atoms with van der Waals surface area (Å²) in [5.74, 6) is 0.304. The molecule has 134 valence electrons. The Hall–Kier alpha value is -2.70. The van der Waals surface area contributed by atoms with Gasteiger partial charge in [-0.25, -0.2) is 9.37 Å². The Balaban J connectivity index is 2.00. The predicted octanol–water partition coefficient (Wildman–Crippen LogP) is 4.47. The highest BCUT2D eigenvalue weighted by molar-refractivity contribution is 6.30. The van der Waals surface area contributed by atoms with Crippen LogP contribution in [0.15, 0.2) is 54.6 Å². The number of benzene rings is 2. The Morgan fingerprint density at radius 3 is 2.62 bits per heavy atom. The minimum absolute atomic E-state index is 0.0649. The number of aliphatic hydroxyl groups is 1. The van der Waals surface area contributed by atoms with Crippen LogP contribution in [0.1, 0.15) is 6.92 Å². The lowest BCUT2D eigenvalue weighted by Gasteiger charge is -2.14. The Bertz CT molecular complexity index is 892. The Labute approximate surface area is 155 Å². The van der Waals surface area contributed by atoms with Gasteiger partial charge in [0.1, 0.15) is 11.6 Å². The molecule has 3 N–H and O–H groups in total. The average Bonchev–Trinajstić information content (AvgIpc) is 2.65. The number of nitrogens with one attached hydrogen (secondary N) is 2. The molecular weight excluding hydrogens is 355 g/mol. The van der Waals surface area contributed by atoms with Gasteiger partial charge in [0.2, 0.25) is 5.95 Å². The average molecular weight is 373 g/mol. The van der Waals surface area contributed by atoms with E-state index >= 15 is 0 Å². The fourth-order valence-corrected chi connectivity index (χ4v) is 2.50. The second-order valence-electron chi connectivity index (χ2n) is 5.81. The number of aliphatic hydroxyl groups excluding tert-OH is 1. The van der Waals surface area contributed by atoms with Gasteiger partial charge in [0.25, 0.3) is 0 Å². The highest BCUT2D eigenvalue weighted by Crippen LogP contribution is 2.26. The first-order valence-electron chi connectivity index (χ1n) is 8.09. The van der Waals surface area contributed by atoms with Crippen molar-refractivity contribution in [3.63, 3.8) is 0 Å². The summed E-state index contributed by atoms with van der Waals surface area (Å²) in [6.07, 6.45) is 0. The zero-order valence-corrected chi connectivity index (χ0v) is 14.8. The number of nitrogens with zero attached hydrogens (tertiary/aromatic N) is 2. The van der Waals surface area contributed by atoms with Gasteiger partial charge >= 0.3 is 0 Å². The van der Waals surface area contributed by atoms with Gasteiger partial charge in [-0.3, -0.25) is 0 Å². The van der Waals surface area contributed by atoms with Crippen LogP contribution in [-0.2, 0) is 0 Å². The Morgan fingerprint density at radius 1 is 1.12 bits per heavy atom. The molecule has 1 aromatic heterocycles. The number of hydrogen-bond acceptors (Lipinski definition) is 5. The predicted molar refractivity (Wildman–Crippen MR) is 102 cm³/mol. The van der Waals surface area contributed by atoms with Crippen LogP contribution >= 0.6 is 11.6 Å². The van der Waals surface area contributed by atoms with Crippen LogP contribution < -0.4 is 10.6 Å². The molecular formula is C19H18ClFN4O. The van der Waals surface area contributed by atoms with Crippen molar-refractivity contribution in [3.05, 3.63) is 65.4 Å². The molecule has 3 rings (SSSR count). The van der Waals surface area contributed by atoms with E-state index in [0.717, 1.165) is 5.56 Å². The van der Waals surface area contributed by atoms with Gasteiger partial charge in [0.05, 0.1) is 18.0 Å². The number of anilines is 3. The standard InChI is InChI=1S/C19H18ClFN4O/c1-12(11-26)22-19-24-16(13-5-3-2-4-6-13)10-18(25-19)23-17-9-14(20)7-8-15(17)21/h2-10,12,26H,11H2,1H3,(H2,22,23,24,25)/t12-/m0/s1. The molecule has 0 bridgehead atoms. The summed E-state index contributed by atoms with van der Waals surface area (Å²) in [5.41, 5.74) is 1.78. The highest BCUT2D eigenvalue weighted by atomic mass is 35.5. The topological polar surface area (TPSA) is 70.1 Å². The molecule has 3 aromatic rings. The summed E-state index contributed by atoms with van der Waals surface area (Å²) in [4.78, 5) is 8.84. The third-order valence-electron chi connectivity index (χ3n) is 3.64. The largest absolute Gasteiger partial charge is 0.394 e. The van der Waals surface area contributed by atoms with E-state index in [0.29, 0.717) is 22.5 Å². The van der Waals surface area contributed by atoms with Crippen molar-refractivity contribution in [2.24, 2.45) is 0 Å². The van der Waals surface area contributed by atoms with Gasteiger partial charge in [-0.05, 0) is 25.1 Å². The van der Waals surface area contributed by atoms with Crippen molar-refractivity contribution in [2.45, 2.75) is 13.0 Å². The Morgan fingerprint density at radius 2 is 1.88 bits per heavy atom. The molecule has 0 amide bonds. The van der Waals surface area contributed by atoms with Gasteiger partial charge < -0.3 is 15.7 Å². The first-order chi connectivity index (χ1) is 12.5. The van der Waals surface area contributed by atoms with Crippen molar-refractivity contribution in [3.8, 4) is 11.3 Å². The van der Waals surface area contributed by atoms with Crippen LogP contribution in [0.5, 0.6) is 0 Å². The molecule has 1 atom stereocenters. The molecule has 0 aliphatic heterocycles. The molecule has 2 aromatic carbocycles. The molecule has 0 radical (unpaired) electrons. The van der Waals surface area contributed by atoms with E-state index in [1.807, 2.05) is 37.3 Å². The fourth-order valence-electron chi connectivity index (χ4n) is 2.33. The van der Waals surface area contributed by atoms with E-state index in [2.05, 4.69) is 20.6 Å². The van der Waals surface area contributed by atoms with Gasteiger partial charge in [-0.2, -0.15) is 4.98 Å². The minimum atomic E-state index is -0.437. The maximum absolute atomic E-state index is 14.0. The minimum Gasteiger partial charge on any atom is -0.394 e. The smallest absolute Gasteiger partial charge is 0.225 e. The lowest BCUT2D eigenvalue weighted by Crippen LogP contribution is -2.21. The molecule has 0 aliphatic rings. The van der Waals surface area contributed by atoms with E-state index in [9.17, 15) is 9.50 Å². The third kappa shape index (κ3) is 4.47. The molecule has 0 unspecified atom stereocenters. The third-order valence-corrected chi connectivity index (χ3v) is 3.87. The molecule has 26 heavy (non-hydrogen) atoms. The van der Waals surface area contributed by atoms with Crippen LogP contribution in [0.2, 0.25) is 5.02 Å². The maximum Gasteiger partial charge on any atom is 0.225 e. The van der Waals surface area contributed by atoms with Crippen LogP contribution in [0.4, 0.5) is 21.8 Å². The normalized spacial score (nSPS) is 11.8. The monoisotopic (exact) mass is 372 g/mol. The number of aromatic nitrogens is 2. The van der Waals surface area contributed by atoms with Crippen molar-refractivity contribution in [2.75, 3.05) is 17.2 Å². The second-order valence-corrected chi connectivity index (χ2v) is 6.24. The highest BCUT2D eigenvalue weighted by Gasteiger charge is 2.11. The lowest BCUT2D eigenvalue weighted by molar-refractivity contribution is 0.281. The molecule has 0 aliphatic carbocycles. The SMILES string of the molecule is C[C@@H](CO)Nc1nc(Nc2cc(Cl)ccc2F)cc(-c2ccccc2)n1. The fraction of sp³-hybridized carbons (Fsp3) is 0.158. The van der Waals surface area contributed by atoms with Gasteiger partial charge in [0.15, 0.2) is 0 Å². The summed E-state index contributed by atoms with van der Waals surface area (Å²) in [7, 11) is 0. The number of halogens is 2. The Kier molecular flexibility index (Phi) is 5.65. The molecule has 7 heteroatoms. The maximum atomic E-state index is 14.0. The molecule has 0 saturated carbocycles. The van der Waals surface area contributed by atoms with Gasteiger partial charge in [-0.1, -0.05) is 41.9 Å². The van der Waals surface area contributed by atoms with E-state index in [-0.39, 0.29) is 18.3 Å². The van der Waals surface area contributed by atoms with Crippen molar-refractivity contribution >= 4 is 29.1 Å².